The molecule has 0 aromatic heterocycles. The molecule has 0 heterocycles. The van der Waals surface area contributed by atoms with Gasteiger partial charge in [-0.15, -0.1) is 6.58 Å². The first kappa shape index (κ1) is 17.9. The minimum Gasteiger partial charge on any atom is -0.353 e. The lowest BCUT2D eigenvalue weighted by Gasteiger charge is -2.22. The Balaban J connectivity index is 2.95. The van der Waals surface area contributed by atoms with Crippen LogP contribution in [0.3, 0.4) is 0 Å². The Morgan fingerprint density at radius 2 is 2.05 bits per heavy atom. The van der Waals surface area contributed by atoms with E-state index in [9.17, 15) is 18.0 Å². The van der Waals surface area contributed by atoms with Crippen molar-refractivity contribution in [2.75, 3.05) is 23.7 Å². The predicted molar refractivity (Wildman–Crippen MR) is 86.5 cm³/mol. The molecule has 120 valence electrons. The maximum atomic E-state index is 11.9. The number of ketones is 1. The zero-order valence-electron chi connectivity index (χ0n) is 12.7. The van der Waals surface area contributed by atoms with Crippen LogP contribution >= 0.6 is 0 Å². The second-order valence-electron chi connectivity index (χ2n) is 4.78. The topological polar surface area (TPSA) is 83.6 Å². The average molecular weight is 324 g/mol. The summed E-state index contributed by atoms with van der Waals surface area (Å²) >= 11 is 0. The Bertz CT molecular complexity index is 668. The SMILES string of the molecule is C=CCNC(=O)CCN(c1cccc(C(C)=O)c1)S(C)(=O)=O. The van der Waals surface area contributed by atoms with Gasteiger partial charge in [0.2, 0.25) is 15.9 Å². The van der Waals surface area contributed by atoms with E-state index in [1.807, 2.05) is 0 Å². The molecule has 0 atom stereocenters. The number of carbonyl (C=O) groups excluding carboxylic acids is 2. The van der Waals surface area contributed by atoms with Gasteiger partial charge in [-0.3, -0.25) is 13.9 Å². The first-order valence-electron chi connectivity index (χ1n) is 6.72. The van der Waals surface area contributed by atoms with Gasteiger partial charge in [-0.1, -0.05) is 18.2 Å². The second-order valence-corrected chi connectivity index (χ2v) is 6.69. The van der Waals surface area contributed by atoms with Crippen LogP contribution in [0.5, 0.6) is 0 Å². The van der Waals surface area contributed by atoms with Crippen LogP contribution in [0.15, 0.2) is 36.9 Å². The van der Waals surface area contributed by atoms with Crippen molar-refractivity contribution in [2.24, 2.45) is 0 Å². The fourth-order valence-electron chi connectivity index (χ4n) is 1.84. The van der Waals surface area contributed by atoms with Gasteiger partial charge in [0.05, 0.1) is 11.9 Å². The average Bonchev–Trinajstić information content (AvgIpc) is 2.44. The molecule has 1 N–H and O–H groups in total. The zero-order chi connectivity index (χ0) is 16.8. The van der Waals surface area contributed by atoms with E-state index in [2.05, 4.69) is 11.9 Å². The number of hydrogen-bond acceptors (Lipinski definition) is 4. The van der Waals surface area contributed by atoms with Gasteiger partial charge in [0.15, 0.2) is 5.78 Å². The monoisotopic (exact) mass is 324 g/mol. The molecule has 0 aliphatic rings. The molecule has 0 saturated carbocycles. The van der Waals surface area contributed by atoms with E-state index in [0.717, 1.165) is 10.6 Å². The fraction of sp³-hybridized carbons (Fsp3) is 0.333. The van der Waals surface area contributed by atoms with Crippen molar-refractivity contribution in [2.45, 2.75) is 13.3 Å². The highest BCUT2D eigenvalue weighted by Crippen LogP contribution is 2.19. The first-order chi connectivity index (χ1) is 10.3. The van der Waals surface area contributed by atoms with E-state index in [4.69, 9.17) is 0 Å². The summed E-state index contributed by atoms with van der Waals surface area (Å²) in [4.78, 5) is 23.0. The third-order valence-electron chi connectivity index (χ3n) is 2.93. The molecular weight excluding hydrogens is 304 g/mol. The van der Waals surface area contributed by atoms with Crippen molar-refractivity contribution in [1.29, 1.82) is 0 Å². The van der Waals surface area contributed by atoms with E-state index < -0.39 is 10.0 Å². The Hall–Kier alpha value is -2.15. The van der Waals surface area contributed by atoms with Gasteiger partial charge < -0.3 is 5.32 Å². The molecular formula is C15H20N2O4S. The molecule has 0 radical (unpaired) electrons. The molecule has 1 amide bonds. The molecule has 0 fully saturated rings. The molecule has 0 spiro atoms. The van der Waals surface area contributed by atoms with Crippen molar-refractivity contribution in [1.82, 2.24) is 5.32 Å². The number of benzene rings is 1. The summed E-state index contributed by atoms with van der Waals surface area (Å²) in [5, 5.41) is 2.59. The smallest absolute Gasteiger partial charge is 0.232 e. The van der Waals surface area contributed by atoms with Crippen LogP contribution in [0, 0.1) is 0 Å². The van der Waals surface area contributed by atoms with Crippen LogP contribution < -0.4 is 9.62 Å². The van der Waals surface area contributed by atoms with Crippen LogP contribution in [-0.2, 0) is 14.8 Å². The molecule has 1 rings (SSSR count). The summed E-state index contributed by atoms with van der Waals surface area (Å²) in [6.45, 7) is 5.23. The summed E-state index contributed by atoms with van der Waals surface area (Å²) in [5.41, 5.74) is 0.786. The Morgan fingerprint density at radius 3 is 2.59 bits per heavy atom. The van der Waals surface area contributed by atoms with Gasteiger partial charge in [-0.25, -0.2) is 8.42 Å². The van der Waals surface area contributed by atoms with Gasteiger partial charge in [0.1, 0.15) is 0 Å². The maximum Gasteiger partial charge on any atom is 0.232 e. The number of Topliss-reactive ketones (excluding diaryl/α,β-unsaturated/α-hetero) is 1. The van der Waals surface area contributed by atoms with E-state index in [1.54, 1.807) is 24.3 Å². The lowest BCUT2D eigenvalue weighted by atomic mass is 10.1. The lowest BCUT2D eigenvalue weighted by molar-refractivity contribution is -0.120. The van der Waals surface area contributed by atoms with Crippen molar-refractivity contribution in [3.63, 3.8) is 0 Å². The van der Waals surface area contributed by atoms with Crippen molar-refractivity contribution >= 4 is 27.4 Å². The summed E-state index contributed by atoms with van der Waals surface area (Å²) in [6, 6.07) is 6.32. The highest BCUT2D eigenvalue weighted by atomic mass is 32.2. The molecule has 22 heavy (non-hydrogen) atoms. The Morgan fingerprint density at radius 1 is 1.36 bits per heavy atom. The molecule has 0 bridgehead atoms. The number of amides is 1. The molecule has 6 nitrogen and oxygen atoms in total. The Labute approximate surface area is 130 Å². The number of sulfonamides is 1. The molecule has 0 saturated heterocycles. The predicted octanol–water partition coefficient (Wildman–Crippen LogP) is 1.35. The van der Waals surface area contributed by atoms with E-state index in [1.165, 1.54) is 13.0 Å². The zero-order valence-corrected chi connectivity index (χ0v) is 13.5. The summed E-state index contributed by atoms with van der Waals surface area (Å²) in [6.07, 6.45) is 2.63. The molecule has 0 aliphatic heterocycles. The van der Waals surface area contributed by atoms with Gasteiger partial charge in [0, 0.05) is 25.1 Å². The lowest BCUT2D eigenvalue weighted by Crippen LogP contribution is -2.34. The number of nitrogens with zero attached hydrogens (tertiary/aromatic N) is 1. The van der Waals surface area contributed by atoms with Crippen molar-refractivity contribution in [3.05, 3.63) is 42.5 Å². The number of rotatable bonds is 8. The molecule has 1 aromatic carbocycles. The molecule has 0 unspecified atom stereocenters. The Kier molecular flexibility index (Phi) is 6.30. The van der Waals surface area contributed by atoms with Gasteiger partial charge in [-0.05, 0) is 19.1 Å². The minimum atomic E-state index is -3.55. The second kappa shape index (κ2) is 7.74. The van der Waals surface area contributed by atoms with Gasteiger partial charge in [-0.2, -0.15) is 0 Å². The number of carbonyl (C=O) groups is 2. The number of anilines is 1. The van der Waals surface area contributed by atoms with Crippen LogP contribution in [0.1, 0.15) is 23.7 Å². The van der Waals surface area contributed by atoms with Gasteiger partial charge in [0.25, 0.3) is 0 Å². The highest BCUT2D eigenvalue weighted by Gasteiger charge is 2.19. The van der Waals surface area contributed by atoms with Crippen molar-refractivity contribution in [3.8, 4) is 0 Å². The third kappa shape index (κ3) is 5.33. The normalized spacial score (nSPS) is 10.8. The maximum absolute atomic E-state index is 11.9. The third-order valence-corrected chi connectivity index (χ3v) is 4.12. The number of hydrogen-bond donors (Lipinski definition) is 1. The fourth-order valence-corrected chi connectivity index (χ4v) is 2.76. The van der Waals surface area contributed by atoms with E-state index in [-0.39, 0.29) is 24.7 Å². The molecule has 7 heteroatoms. The van der Waals surface area contributed by atoms with Crippen LogP contribution in [0.25, 0.3) is 0 Å². The quantitative estimate of drug-likeness (QED) is 0.578. The summed E-state index contributed by atoms with van der Waals surface area (Å²) < 4.78 is 25.0. The largest absolute Gasteiger partial charge is 0.353 e. The minimum absolute atomic E-state index is 0.00314. The van der Waals surface area contributed by atoms with E-state index in [0.29, 0.717) is 17.8 Å². The van der Waals surface area contributed by atoms with Crippen LogP contribution in [0.4, 0.5) is 5.69 Å². The molecule has 1 aromatic rings. The summed E-state index contributed by atoms with van der Waals surface area (Å²) in [7, 11) is -3.55. The summed E-state index contributed by atoms with van der Waals surface area (Å²) in [5.74, 6) is -0.421. The standard InChI is InChI=1S/C15H20N2O4S/c1-4-9-16-15(19)8-10-17(22(3,20)21)14-7-5-6-13(11-14)12(2)18/h4-7,11H,1,8-10H2,2-3H3,(H,16,19). The highest BCUT2D eigenvalue weighted by molar-refractivity contribution is 7.92. The number of nitrogens with one attached hydrogen (secondary N) is 1. The molecule has 0 aliphatic carbocycles. The van der Waals surface area contributed by atoms with Crippen LogP contribution in [-0.4, -0.2) is 39.5 Å². The van der Waals surface area contributed by atoms with E-state index >= 15 is 0 Å². The van der Waals surface area contributed by atoms with Gasteiger partial charge >= 0.3 is 0 Å². The first-order valence-corrected chi connectivity index (χ1v) is 8.57. The van der Waals surface area contributed by atoms with Crippen molar-refractivity contribution < 1.29 is 18.0 Å². The van der Waals surface area contributed by atoms with Crippen LogP contribution in [0.2, 0.25) is 0 Å².